The zero-order chi connectivity index (χ0) is 21.0. The first-order valence-corrected chi connectivity index (χ1v) is 8.85. The van der Waals surface area contributed by atoms with E-state index in [2.05, 4.69) is 5.32 Å². The average Bonchev–Trinajstić information content (AvgIpc) is 2.69. The maximum absolute atomic E-state index is 12.3. The SMILES string of the molecule is Cc1cc(C(=O)Oc2ccc(C(=O)Nc3ccc(Cl)cc3)cc2)ccc1[N+](=O)[O-]. The number of hydrogen-bond donors (Lipinski definition) is 1. The highest BCUT2D eigenvalue weighted by Crippen LogP contribution is 2.21. The summed E-state index contributed by atoms with van der Waals surface area (Å²) < 4.78 is 5.27. The Morgan fingerprint density at radius 1 is 0.966 bits per heavy atom. The summed E-state index contributed by atoms with van der Waals surface area (Å²) in [6.45, 7) is 1.54. The third-order valence-corrected chi connectivity index (χ3v) is 4.31. The van der Waals surface area contributed by atoms with E-state index in [9.17, 15) is 19.7 Å². The fourth-order valence-corrected chi connectivity index (χ4v) is 2.69. The molecular weight excluding hydrogens is 396 g/mol. The number of nitro groups is 1. The van der Waals surface area contributed by atoms with Crippen molar-refractivity contribution in [2.24, 2.45) is 0 Å². The fraction of sp³-hybridized carbons (Fsp3) is 0.0476. The molecule has 0 radical (unpaired) electrons. The zero-order valence-corrected chi connectivity index (χ0v) is 16.0. The summed E-state index contributed by atoms with van der Waals surface area (Å²) in [6.07, 6.45) is 0. The van der Waals surface area contributed by atoms with Crippen LogP contribution in [0.4, 0.5) is 11.4 Å². The molecule has 0 unspecified atom stereocenters. The Kier molecular flexibility index (Phi) is 5.90. The molecular formula is C21H15ClN2O5. The van der Waals surface area contributed by atoms with E-state index in [4.69, 9.17) is 16.3 Å². The minimum Gasteiger partial charge on any atom is -0.423 e. The second kappa shape index (κ2) is 8.53. The van der Waals surface area contributed by atoms with Gasteiger partial charge in [0.25, 0.3) is 11.6 Å². The molecule has 0 bridgehead atoms. The molecule has 0 heterocycles. The third kappa shape index (κ3) is 4.97. The van der Waals surface area contributed by atoms with Crippen molar-refractivity contribution in [2.45, 2.75) is 6.92 Å². The molecule has 0 saturated heterocycles. The number of benzene rings is 3. The Morgan fingerprint density at radius 2 is 1.59 bits per heavy atom. The van der Waals surface area contributed by atoms with Crippen LogP contribution in [-0.4, -0.2) is 16.8 Å². The predicted octanol–water partition coefficient (Wildman–Crippen LogP) is 5.03. The van der Waals surface area contributed by atoms with Crippen molar-refractivity contribution in [3.05, 3.63) is 98.6 Å². The van der Waals surface area contributed by atoms with Crippen molar-refractivity contribution >= 4 is 34.9 Å². The number of esters is 1. The summed E-state index contributed by atoms with van der Waals surface area (Å²) >= 11 is 5.81. The highest BCUT2D eigenvalue weighted by molar-refractivity contribution is 6.30. The topological polar surface area (TPSA) is 98.5 Å². The normalized spacial score (nSPS) is 10.3. The number of carbonyl (C=O) groups is 2. The lowest BCUT2D eigenvalue weighted by Crippen LogP contribution is -2.12. The molecule has 0 aliphatic carbocycles. The van der Waals surface area contributed by atoms with Crippen molar-refractivity contribution in [2.75, 3.05) is 5.32 Å². The van der Waals surface area contributed by atoms with E-state index < -0.39 is 10.9 Å². The Morgan fingerprint density at radius 3 is 2.17 bits per heavy atom. The van der Waals surface area contributed by atoms with Crippen LogP contribution in [0.3, 0.4) is 0 Å². The standard InChI is InChI=1S/C21H15ClN2O5/c1-13-12-15(4-11-19(13)24(27)28)21(26)29-18-9-2-14(3-10-18)20(25)23-17-7-5-16(22)6-8-17/h2-12H,1H3,(H,23,25). The molecule has 8 heteroatoms. The molecule has 0 aromatic heterocycles. The molecule has 146 valence electrons. The molecule has 0 fully saturated rings. The maximum Gasteiger partial charge on any atom is 0.343 e. The molecule has 7 nitrogen and oxygen atoms in total. The monoisotopic (exact) mass is 410 g/mol. The Labute approximate surface area is 171 Å². The van der Waals surface area contributed by atoms with Gasteiger partial charge in [-0.1, -0.05) is 11.6 Å². The molecule has 3 rings (SSSR count). The summed E-state index contributed by atoms with van der Waals surface area (Å²) in [5.74, 6) is -0.730. The minimum absolute atomic E-state index is 0.0717. The van der Waals surface area contributed by atoms with Gasteiger partial charge >= 0.3 is 5.97 Å². The summed E-state index contributed by atoms with van der Waals surface area (Å²) in [7, 11) is 0. The van der Waals surface area contributed by atoms with E-state index in [1.807, 2.05) is 0 Å². The van der Waals surface area contributed by atoms with Gasteiger partial charge in [-0.2, -0.15) is 0 Å². The lowest BCUT2D eigenvalue weighted by Gasteiger charge is -2.08. The number of nitrogens with zero attached hydrogens (tertiary/aromatic N) is 1. The Bertz CT molecular complexity index is 1080. The molecule has 0 atom stereocenters. The smallest absolute Gasteiger partial charge is 0.343 e. The van der Waals surface area contributed by atoms with Crippen molar-refractivity contribution in [3.8, 4) is 5.75 Å². The van der Waals surface area contributed by atoms with E-state index in [1.165, 1.54) is 42.5 Å². The highest BCUT2D eigenvalue weighted by Gasteiger charge is 2.15. The number of hydrogen-bond acceptors (Lipinski definition) is 5. The van der Waals surface area contributed by atoms with Gasteiger partial charge in [0.15, 0.2) is 0 Å². The van der Waals surface area contributed by atoms with Gasteiger partial charge in [-0.3, -0.25) is 14.9 Å². The number of anilines is 1. The Hall–Kier alpha value is -3.71. The lowest BCUT2D eigenvalue weighted by molar-refractivity contribution is -0.385. The minimum atomic E-state index is -0.652. The first-order chi connectivity index (χ1) is 13.8. The van der Waals surface area contributed by atoms with Crippen LogP contribution >= 0.6 is 11.6 Å². The van der Waals surface area contributed by atoms with Crippen LogP contribution in [0.25, 0.3) is 0 Å². The van der Waals surface area contributed by atoms with E-state index >= 15 is 0 Å². The summed E-state index contributed by atoms with van der Waals surface area (Å²) in [5, 5.41) is 14.2. The number of amides is 1. The molecule has 1 N–H and O–H groups in total. The number of nitrogens with one attached hydrogen (secondary N) is 1. The molecule has 29 heavy (non-hydrogen) atoms. The van der Waals surface area contributed by atoms with E-state index in [0.717, 1.165) is 0 Å². The molecule has 0 aliphatic heterocycles. The van der Waals surface area contributed by atoms with Crippen LogP contribution in [0.2, 0.25) is 5.02 Å². The van der Waals surface area contributed by atoms with Crippen LogP contribution in [0.1, 0.15) is 26.3 Å². The molecule has 3 aromatic carbocycles. The van der Waals surface area contributed by atoms with Crippen LogP contribution < -0.4 is 10.1 Å². The van der Waals surface area contributed by atoms with Crippen molar-refractivity contribution in [1.82, 2.24) is 0 Å². The molecule has 3 aromatic rings. The van der Waals surface area contributed by atoms with Crippen molar-refractivity contribution < 1.29 is 19.2 Å². The lowest BCUT2D eigenvalue weighted by atomic mass is 10.1. The van der Waals surface area contributed by atoms with Gasteiger partial charge in [-0.15, -0.1) is 0 Å². The van der Waals surface area contributed by atoms with Gasteiger partial charge in [0.1, 0.15) is 5.75 Å². The Balaban J connectivity index is 1.66. The van der Waals surface area contributed by atoms with Gasteiger partial charge in [0.2, 0.25) is 0 Å². The average molecular weight is 411 g/mol. The van der Waals surface area contributed by atoms with Gasteiger partial charge in [-0.05, 0) is 67.6 Å². The predicted molar refractivity (Wildman–Crippen MR) is 109 cm³/mol. The molecule has 0 spiro atoms. The van der Waals surface area contributed by atoms with Crippen LogP contribution in [0.5, 0.6) is 5.75 Å². The maximum atomic E-state index is 12.3. The first kappa shape index (κ1) is 20.0. The van der Waals surface area contributed by atoms with Crippen molar-refractivity contribution in [1.29, 1.82) is 0 Å². The number of halogens is 1. The van der Waals surface area contributed by atoms with E-state index in [-0.39, 0.29) is 22.9 Å². The van der Waals surface area contributed by atoms with E-state index in [0.29, 0.717) is 21.8 Å². The number of aryl methyl sites for hydroxylation is 1. The van der Waals surface area contributed by atoms with Crippen LogP contribution in [0.15, 0.2) is 66.7 Å². The first-order valence-electron chi connectivity index (χ1n) is 8.48. The van der Waals surface area contributed by atoms with Gasteiger partial charge in [0, 0.05) is 27.9 Å². The highest BCUT2D eigenvalue weighted by atomic mass is 35.5. The van der Waals surface area contributed by atoms with Gasteiger partial charge in [0.05, 0.1) is 10.5 Å². The van der Waals surface area contributed by atoms with Crippen LogP contribution in [-0.2, 0) is 0 Å². The number of carbonyl (C=O) groups excluding carboxylic acids is 2. The second-order valence-electron chi connectivity index (χ2n) is 6.13. The number of nitro benzene ring substituents is 1. The summed E-state index contributed by atoms with van der Waals surface area (Å²) in [6, 6.07) is 16.7. The second-order valence-corrected chi connectivity index (χ2v) is 6.57. The summed E-state index contributed by atoms with van der Waals surface area (Å²) in [4.78, 5) is 34.9. The molecule has 0 saturated carbocycles. The number of ether oxygens (including phenoxy) is 1. The van der Waals surface area contributed by atoms with Gasteiger partial charge in [-0.25, -0.2) is 4.79 Å². The van der Waals surface area contributed by atoms with E-state index in [1.54, 1.807) is 31.2 Å². The zero-order valence-electron chi connectivity index (χ0n) is 15.2. The number of rotatable bonds is 5. The quantitative estimate of drug-likeness (QED) is 0.275. The van der Waals surface area contributed by atoms with Crippen molar-refractivity contribution in [3.63, 3.8) is 0 Å². The van der Waals surface area contributed by atoms with Gasteiger partial charge < -0.3 is 10.1 Å². The van der Waals surface area contributed by atoms with Crippen LogP contribution in [0, 0.1) is 17.0 Å². The summed E-state index contributed by atoms with van der Waals surface area (Å²) in [5.41, 5.74) is 1.46. The fourth-order valence-electron chi connectivity index (χ4n) is 2.56. The largest absolute Gasteiger partial charge is 0.423 e. The third-order valence-electron chi connectivity index (χ3n) is 4.06. The molecule has 0 aliphatic rings. The molecule has 1 amide bonds.